The van der Waals surface area contributed by atoms with E-state index in [0.717, 1.165) is 16.8 Å². The van der Waals surface area contributed by atoms with Crippen molar-refractivity contribution < 1.29 is 13.6 Å². The molecule has 1 amide bonds. The lowest BCUT2D eigenvalue weighted by molar-refractivity contribution is 0.0796. The molecule has 1 aliphatic carbocycles. The molecule has 41 heavy (non-hydrogen) atoms. The van der Waals surface area contributed by atoms with Gasteiger partial charge in [-0.15, -0.1) is 5.10 Å². The summed E-state index contributed by atoms with van der Waals surface area (Å²) in [5.41, 5.74) is 4.16. The topological polar surface area (TPSA) is 120 Å². The molecular formula is C27H23ClF2N10O. The number of halogens is 3. The molecule has 208 valence electrons. The first kappa shape index (κ1) is 25.4. The number of nitrogens with zero attached hydrogens (tertiary/aromatic N) is 9. The molecule has 1 saturated carbocycles. The zero-order valence-electron chi connectivity index (χ0n) is 21.7. The summed E-state index contributed by atoms with van der Waals surface area (Å²) in [7, 11) is 0. The zero-order valence-corrected chi connectivity index (χ0v) is 22.5. The first-order chi connectivity index (χ1) is 19.8. The number of aryl methyl sites for hydroxylation is 1. The first-order valence-corrected chi connectivity index (χ1v) is 13.4. The molecule has 1 aromatic carbocycles. The van der Waals surface area contributed by atoms with Crippen molar-refractivity contribution >= 4 is 34.4 Å². The summed E-state index contributed by atoms with van der Waals surface area (Å²) in [5.74, 6) is -3.26. The van der Waals surface area contributed by atoms with Crippen molar-refractivity contribution in [3.8, 4) is 5.69 Å². The van der Waals surface area contributed by atoms with Gasteiger partial charge in [0.05, 0.1) is 35.0 Å². The maximum atomic E-state index is 13.6. The minimum Gasteiger partial charge on any atom is -0.356 e. The van der Waals surface area contributed by atoms with Gasteiger partial charge in [-0.3, -0.25) is 4.79 Å². The molecular weight excluding hydrogens is 554 g/mol. The Labute approximate surface area is 237 Å². The third-order valence-electron chi connectivity index (χ3n) is 7.90. The molecule has 4 aromatic heterocycles. The number of aromatic nitrogens is 8. The maximum absolute atomic E-state index is 13.6. The number of pyridine rings is 1. The predicted molar refractivity (Wildman–Crippen MR) is 145 cm³/mol. The van der Waals surface area contributed by atoms with E-state index in [-0.39, 0.29) is 12.5 Å². The molecule has 0 radical (unpaired) electrons. The fraction of sp³-hybridized carbons (Fsp3) is 0.296. The number of hydrogen-bond acceptors (Lipinski definition) is 8. The summed E-state index contributed by atoms with van der Waals surface area (Å²) < 4.78 is 30.6. The van der Waals surface area contributed by atoms with Crippen molar-refractivity contribution in [3.05, 3.63) is 82.8 Å². The molecule has 5 heterocycles. The Morgan fingerprint density at radius 3 is 2.76 bits per heavy atom. The summed E-state index contributed by atoms with van der Waals surface area (Å²) in [5, 5.41) is 15.4. The SMILES string of the molecule is Cc1nc(N2CC3C(C2)C3(F)F)ccc1Cn1cc(C(=O)NCc2cc(Cl)ccc2-n2cnnn2)c2cncnc21. The largest absolute Gasteiger partial charge is 0.356 e. The van der Waals surface area contributed by atoms with Crippen molar-refractivity contribution in [2.24, 2.45) is 11.8 Å². The summed E-state index contributed by atoms with van der Waals surface area (Å²) in [6.45, 7) is 3.15. The van der Waals surface area contributed by atoms with Gasteiger partial charge in [-0.2, -0.15) is 0 Å². The molecule has 1 saturated heterocycles. The lowest BCUT2D eigenvalue weighted by atomic mass is 10.1. The van der Waals surface area contributed by atoms with Crippen LogP contribution in [0.2, 0.25) is 5.02 Å². The summed E-state index contributed by atoms with van der Waals surface area (Å²) in [4.78, 5) is 28.6. The normalized spacial score (nSPS) is 19.0. The van der Waals surface area contributed by atoms with Crippen LogP contribution in [0.1, 0.15) is 27.2 Å². The smallest absolute Gasteiger partial charge is 0.258 e. The third kappa shape index (κ3) is 4.46. The molecule has 11 nitrogen and oxygen atoms in total. The van der Waals surface area contributed by atoms with Gasteiger partial charge in [-0.05, 0) is 52.7 Å². The van der Waals surface area contributed by atoms with Crippen LogP contribution in [0, 0.1) is 18.8 Å². The second-order valence-electron chi connectivity index (χ2n) is 10.3. The second-order valence-corrected chi connectivity index (χ2v) is 10.8. The van der Waals surface area contributed by atoms with Crippen molar-refractivity contribution in [2.45, 2.75) is 25.9 Å². The van der Waals surface area contributed by atoms with E-state index in [2.05, 4.69) is 30.8 Å². The highest BCUT2D eigenvalue weighted by Gasteiger charge is 2.71. The molecule has 2 unspecified atom stereocenters. The first-order valence-electron chi connectivity index (χ1n) is 13.0. The van der Waals surface area contributed by atoms with E-state index in [4.69, 9.17) is 16.6 Å². The number of tetrazole rings is 1. The number of carbonyl (C=O) groups excluding carboxylic acids is 1. The van der Waals surface area contributed by atoms with Crippen LogP contribution in [0.15, 0.2) is 55.4 Å². The van der Waals surface area contributed by atoms with Crippen LogP contribution in [0.4, 0.5) is 14.6 Å². The van der Waals surface area contributed by atoms with Gasteiger partial charge in [0.1, 0.15) is 24.1 Å². The van der Waals surface area contributed by atoms with E-state index >= 15 is 0 Å². The van der Waals surface area contributed by atoms with Crippen molar-refractivity contribution in [1.29, 1.82) is 0 Å². The number of rotatable bonds is 7. The van der Waals surface area contributed by atoms with E-state index in [1.165, 1.54) is 17.3 Å². The molecule has 2 atom stereocenters. The molecule has 2 aliphatic rings. The van der Waals surface area contributed by atoms with E-state index < -0.39 is 17.8 Å². The number of benzene rings is 1. The molecule has 5 aromatic rings. The number of fused-ring (bicyclic) bond motifs is 2. The third-order valence-corrected chi connectivity index (χ3v) is 8.14. The molecule has 0 bridgehead atoms. The van der Waals surface area contributed by atoms with Gasteiger partial charge in [-0.25, -0.2) is 28.4 Å². The van der Waals surface area contributed by atoms with Crippen molar-refractivity contribution in [2.75, 3.05) is 18.0 Å². The maximum Gasteiger partial charge on any atom is 0.258 e. The number of piperidine rings is 1. The number of hydrogen-bond donors (Lipinski definition) is 1. The number of anilines is 1. The minimum absolute atomic E-state index is 0.184. The van der Waals surface area contributed by atoms with E-state index in [1.807, 2.05) is 28.5 Å². The highest BCUT2D eigenvalue weighted by molar-refractivity contribution is 6.30. The summed E-state index contributed by atoms with van der Waals surface area (Å²) in [6.07, 6.45) is 6.27. The fourth-order valence-electron chi connectivity index (χ4n) is 5.59. The highest BCUT2D eigenvalue weighted by Crippen LogP contribution is 2.59. The van der Waals surface area contributed by atoms with Crippen LogP contribution in [-0.4, -0.2) is 64.6 Å². The van der Waals surface area contributed by atoms with Gasteiger partial charge in [0.2, 0.25) is 0 Å². The quantitative estimate of drug-likeness (QED) is 0.313. The summed E-state index contributed by atoms with van der Waals surface area (Å²) in [6, 6.07) is 9.08. The Kier molecular flexibility index (Phi) is 5.92. The van der Waals surface area contributed by atoms with Gasteiger partial charge in [0.25, 0.3) is 11.8 Å². The number of carbonyl (C=O) groups is 1. The van der Waals surface area contributed by atoms with Crippen molar-refractivity contribution in [3.63, 3.8) is 0 Å². The standard InChI is InChI=1S/C27H23ClF2N10O/c1-15-16(2-5-24(35-15)38-11-21-22(12-38)27(21,29)30)9-39-10-20(19-8-31-13-33-25(19)39)26(41)32-7-17-6-18(28)3-4-23(17)40-14-34-36-37-40/h2-6,8,10,13-14,21-22H,7,9,11-12H2,1H3,(H,32,41). The fourth-order valence-corrected chi connectivity index (χ4v) is 5.78. The highest BCUT2D eigenvalue weighted by atomic mass is 35.5. The second kappa shape index (κ2) is 9.54. The van der Waals surface area contributed by atoms with Crippen LogP contribution in [-0.2, 0) is 13.1 Å². The Morgan fingerprint density at radius 1 is 1.17 bits per heavy atom. The number of amides is 1. The van der Waals surface area contributed by atoms with Gasteiger partial charge in [-0.1, -0.05) is 17.7 Å². The molecule has 0 spiro atoms. The van der Waals surface area contributed by atoms with Gasteiger partial charge >= 0.3 is 0 Å². The Bertz CT molecular complexity index is 1780. The monoisotopic (exact) mass is 576 g/mol. The van der Waals surface area contributed by atoms with E-state index in [9.17, 15) is 13.6 Å². The summed E-state index contributed by atoms with van der Waals surface area (Å²) >= 11 is 6.22. The van der Waals surface area contributed by atoms with E-state index in [1.54, 1.807) is 30.6 Å². The van der Waals surface area contributed by atoms with Crippen LogP contribution in [0.3, 0.4) is 0 Å². The predicted octanol–water partition coefficient (Wildman–Crippen LogP) is 3.44. The van der Waals surface area contributed by atoms with Gasteiger partial charge in [0, 0.05) is 42.7 Å². The average Bonchev–Trinajstić information content (AvgIpc) is 3.55. The lowest BCUT2D eigenvalue weighted by Crippen LogP contribution is -2.28. The molecule has 1 N–H and O–H groups in total. The Hall–Kier alpha value is -4.52. The van der Waals surface area contributed by atoms with Crippen LogP contribution in [0.25, 0.3) is 16.7 Å². The molecule has 1 aliphatic heterocycles. The van der Waals surface area contributed by atoms with Gasteiger partial charge < -0.3 is 14.8 Å². The molecule has 7 rings (SSSR count). The minimum atomic E-state index is -2.53. The van der Waals surface area contributed by atoms with Crippen LogP contribution >= 0.6 is 11.6 Å². The van der Waals surface area contributed by atoms with E-state index in [0.29, 0.717) is 52.8 Å². The molecule has 14 heteroatoms. The molecule has 2 fully saturated rings. The van der Waals surface area contributed by atoms with Crippen molar-refractivity contribution in [1.82, 2.24) is 45.0 Å². The number of alkyl halides is 2. The van der Waals surface area contributed by atoms with Crippen LogP contribution in [0.5, 0.6) is 0 Å². The lowest BCUT2D eigenvalue weighted by Gasteiger charge is -2.22. The Balaban J connectivity index is 1.11. The van der Waals surface area contributed by atoms with Crippen LogP contribution < -0.4 is 10.2 Å². The zero-order chi connectivity index (χ0) is 28.3. The Morgan fingerprint density at radius 2 is 2.00 bits per heavy atom. The van der Waals surface area contributed by atoms with Gasteiger partial charge in [0.15, 0.2) is 0 Å². The average molecular weight is 577 g/mol. The number of nitrogens with one attached hydrogen (secondary N) is 1.